The fourth-order valence-corrected chi connectivity index (χ4v) is 4.28. The van der Waals surface area contributed by atoms with E-state index in [1.54, 1.807) is 11.4 Å². The van der Waals surface area contributed by atoms with E-state index in [1.165, 1.54) is 25.3 Å². The van der Waals surface area contributed by atoms with Crippen LogP contribution in [-0.4, -0.2) is 26.7 Å². The topological polar surface area (TPSA) is 108 Å². The minimum atomic E-state index is -3.88. The lowest BCUT2D eigenvalue weighted by Crippen LogP contribution is -2.03. The van der Waals surface area contributed by atoms with Gasteiger partial charge in [0.1, 0.15) is 10.8 Å². The first kappa shape index (κ1) is 20.5. The lowest BCUT2D eigenvalue weighted by molar-refractivity contribution is -0.386. The van der Waals surface area contributed by atoms with E-state index in [2.05, 4.69) is 4.40 Å². The number of methoxy groups -OCH3 is 1. The number of hydrogen-bond donors (Lipinski definition) is 0. The Bertz CT molecular complexity index is 1130. The Morgan fingerprint density at radius 3 is 2.55 bits per heavy atom. The normalized spacial score (nSPS) is 11.5. The van der Waals surface area contributed by atoms with E-state index in [9.17, 15) is 18.5 Å². The van der Waals surface area contributed by atoms with E-state index in [4.69, 9.17) is 9.47 Å². The highest BCUT2D eigenvalue weighted by Crippen LogP contribution is 2.38. The zero-order valence-corrected chi connectivity index (χ0v) is 16.9. The number of ether oxygens (including phenoxy) is 2. The van der Waals surface area contributed by atoms with Crippen molar-refractivity contribution in [2.45, 2.75) is 10.8 Å². The summed E-state index contributed by atoms with van der Waals surface area (Å²) in [7, 11) is -2.53. The standard InChI is InChI=1S/C19H16N2O6S2/c1-26-17-11-15(12-20-29(24,25)18-8-5-9-28-18)10-16(21(22)23)19(17)27-13-14-6-3-2-4-7-14/h2-12H,13H2,1H3/b20-12-. The Balaban J connectivity index is 1.93. The van der Waals surface area contributed by atoms with Crippen molar-refractivity contribution in [2.75, 3.05) is 7.11 Å². The molecule has 0 amide bonds. The molecular weight excluding hydrogens is 416 g/mol. The van der Waals surface area contributed by atoms with Gasteiger partial charge in [-0.1, -0.05) is 36.4 Å². The molecule has 1 aromatic heterocycles. The number of thiophene rings is 1. The minimum Gasteiger partial charge on any atom is -0.493 e. The van der Waals surface area contributed by atoms with Crippen LogP contribution in [0.2, 0.25) is 0 Å². The van der Waals surface area contributed by atoms with Crippen molar-refractivity contribution in [3.8, 4) is 11.5 Å². The molecule has 3 rings (SSSR count). The monoisotopic (exact) mass is 432 g/mol. The van der Waals surface area contributed by atoms with Gasteiger partial charge in [-0.2, -0.15) is 12.8 Å². The van der Waals surface area contributed by atoms with E-state index < -0.39 is 14.9 Å². The van der Waals surface area contributed by atoms with Crippen LogP contribution in [0.1, 0.15) is 11.1 Å². The molecule has 29 heavy (non-hydrogen) atoms. The van der Waals surface area contributed by atoms with Gasteiger partial charge in [-0.05, 0) is 23.1 Å². The van der Waals surface area contributed by atoms with Crippen LogP contribution in [0.4, 0.5) is 5.69 Å². The second kappa shape index (κ2) is 8.84. The molecule has 0 aliphatic carbocycles. The number of benzene rings is 2. The van der Waals surface area contributed by atoms with Crippen LogP contribution >= 0.6 is 11.3 Å². The smallest absolute Gasteiger partial charge is 0.315 e. The van der Waals surface area contributed by atoms with E-state index in [-0.39, 0.29) is 33.6 Å². The molecule has 10 heteroatoms. The zero-order valence-electron chi connectivity index (χ0n) is 15.2. The maximum Gasteiger partial charge on any atom is 0.315 e. The van der Waals surface area contributed by atoms with Gasteiger partial charge in [-0.3, -0.25) is 10.1 Å². The third-order valence-corrected chi connectivity index (χ3v) is 6.40. The van der Waals surface area contributed by atoms with Gasteiger partial charge < -0.3 is 9.47 Å². The third kappa shape index (κ3) is 4.98. The summed E-state index contributed by atoms with van der Waals surface area (Å²) >= 11 is 1.03. The molecule has 0 unspecified atom stereocenters. The molecule has 0 saturated carbocycles. The molecule has 1 heterocycles. The van der Waals surface area contributed by atoms with Crippen LogP contribution in [0.5, 0.6) is 11.5 Å². The second-order valence-electron chi connectivity index (χ2n) is 5.74. The van der Waals surface area contributed by atoms with E-state index in [1.807, 2.05) is 30.3 Å². The molecule has 0 atom stereocenters. The molecular formula is C19H16N2O6S2. The Labute approximate surface area is 171 Å². The summed E-state index contributed by atoms with van der Waals surface area (Å²) < 4.78 is 38.9. The lowest BCUT2D eigenvalue weighted by atomic mass is 10.2. The summed E-state index contributed by atoms with van der Waals surface area (Å²) in [5.41, 5.74) is 0.674. The average Bonchev–Trinajstić information content (AvgIpc) is 3.27. The molecule has 0 aliphatic rings. The van der Waals surface area contributed by atoms with Crippen molar-refractivity contribution in [3.05, 3.63) is 81.2 Å². The molecule has 0 saturated heterocycles. The summed E-state index contributed by atoms with van der Waals surface area (Å²) in [4.78, 5) is 10.9. The summed E-state index contributed by atoms with van der Waals surface area (Å²) in [6.45, 7) is 0.109. The first-order chi connectivity index (χ1) is 13.9. The molecule has 3 aromatic rings. The van der Waals surface area contributed by atoms with Crippen LogP contribution < -0.4 is 9.47 Å². The molecule has 150 valence electrons. The summed E-state index contributed by atoms with van der Waals surface area (Å²) in [5.74, 6) is 0.0599. The largest absolute Gasteiger partial charge is 0.493 e. The van der Waals surface area contributed by atoms with Crippen molar-refractivity contribution < 1.29 is 22.8 Å². The molecule has 8 nitrogen and oxygen atoms in total. The van der Waals surface area contributed by atoms with E-state index in [0.29, 0.717) is 0 Å². The van der Waals surface area contributed by atoms with Gasteiger partial charge in [0.05, 0.1) is 12.0 Å². The van der Waals surface area contributed by atoms with E-state index in [0.717, 1.165) is 23.1 Å². The summed E-state index contributed by atoms with van der Waals surface area (Å²) in [6.07, 6.45) is 1.05. The highest BCUT2D eigenvalue weighted by Gasteiger charge is 2.22. The molecule has 0 spiro atoms. The first-order valence-corrected chi connectivity index (χ1v) is 10.6. The zero-order chi connectivity index (χ0) is 20.9. The Kier molecular flexibility index (Phi) is 6.25. The maximum absolute atomic E-state index is 12.2. The van der Waals surface area contributed by atoms with Crippen molar-refractivity contribution >= 4 is 33.3 Å². The van der Waals surface area contributed by atoms with Crippen molar-refractivity contribution in [1.29, 1.82) is 0 Å². The molecule has 2 aromatic carbocycles. The quantitative estimate of drug-likeness (QED) is 0.302. The average molecular weight is 432 g/mol. The first-order valence-electron chi connectivity index (χ1n) is 8.27. The Morgan fingerprint density at radius 1 is 1.17 bits per heavy atom. The van der Waals surface area contributed by atoms with Gasteiger partial charge in [0, 0.05) is 17.8 Å². The van der Waals surface area contributed by atoms with Crippen molar-refractivity contribution in [2.24, 2.45) is 4.40 Å². The van der Waals surface area contributed by atoms with Gasteiger partial charge in [0.25, 0.3) is 10.0 Å². The predicted octanol–water partition coefficient (Wildman–Crippen LogP) is 4.05. The number of rotatable bonds is 8. The fourth-order valence-electron chi connectivity index (χ4n) is 2.44. The highest BCUT2D eigenvalue weighted by molar-refractivity contribution is 7.92. The second-order valence-corrected chi connectivity index (χ2v) is 8.55. The predicted molar refractivity (Wildman–Crippen MR) is 110 cm³/mol. The molecule has 0 aliphatic heterocycles. The number of nitro benzene ring substituents is 1. The maximum atomic E-state index is 12.2. The van der Waals surface area contributed by atoms with E-state index >= 15 is 0 Å². The van der Waals surface area contributed by atoms with Gasteiger partial charge >= 0.3 is 5.69 Å². The number of hydrogen-bond acceptors (Lipinski definition) is 7. The van der Waals surface area contributed by atoms with Crippen LogP contribution in [-0.2, 0) is 16.6 Å². The Morgan fingerprint density at radius 2 is 1.93 bits per heavy atom. The van der Waals surface area contributed by atoms with Crippen LogP contribution in [0.25, 0.3) is 0 Å². The third-order valence-electron chi connectivity index (χ3n) is 3.79. The molecule has 0 fully saturated rings. The van der Waals surface area contributed by atoms with Crippen molar-refractivity contribution in [3.63, 3.8) is 0 Å². The summed E-state index contributed by atoms with van der Waals surface area (Å²) in [5, 5.41) is 13.2. The van der Waals surface area contributed by atoms with Gasteiger partial charge in [0.2, 0.25) is 5.75 Å². The summed E-state index contributed by atoms with van der Waals surface area (Å²) in [6, 6.07) is 14.8. The fraction of sp³-hybridized carbons (Fsp3) is 0.105. The van der Waals surface area contributed by atoms with Crippen LogP contribution in [0.15, 0.2) is 68.6 Å². The number of nitro groups is 1. The van der Waals surface area contributed by atoms with Gasteiger partial charge in [-0.15, -0.1) is 11.3 Å². The Hall–Kier alpha value is -3.24. The minimum absolute atomic E-state index is 0.0420. The number of nitrogens with zero attached hydrogens (tertiary/aromatic N) is 2. The van der Waals surface area contributed by atoms with Crippen LogP contribution in [0.3, 0.4) is 0 Å². The van der Waals surface area contributed by atoms with Crippen LogP contribution in [0, 0.1) is 10.1 Å². The van der Waals surface area contributed by atoms with Gasteiger partial charge in [0.15, 0.2) is 5.75 Å². The molecule has 0 radical (unpaired) electrons. The molecule has 0 bridgehead atoms. The van der Waals surface area contributed by atoms with Crippen molar-refractivity contribution in [1.82, 2.24) is 0 Å². The highest BCUT2D eigenvalue weighted by atomic mass is 32.2. The molecule has 0 N–H and O–H groups in total. The lowest BCUT2D eigenvalue weighted by Gasteiger charge is -2.12. The van der Waals surface area contributed by atoms with Gasteiger partial charge in [-0.25, -0.2) is 0 Å². The number of sulfonamides is 1. The SMILES string of the molecule is COc1cc(/C=N\S(=O)(=O)c2cccs2)cc([N+](=O)[O-])c1OCc1ccccc1.